The summed E-state index contributed by atoms with van der Waals surface area (Å²) in [5, 5.41) is 11.4. The number of benzene rings is 1. The molecule has 10 heteroatoms. The third kappa shape index (κ3) is 4.53. The number of hydrogen-bond donors (Lipinski definition) is 2. The number of ether oxygens (including phenoxy) is 1. The van der Waals surface area contributed by atoms with Crippen molar-refractivity contribution in [2.24, 2.45) is 0 Å². The average Bonchev–Trinajstić information content (AvgIpc) is 3.24. The van der Waals surface area contributed by atoms with Gasteiger partial charge in [-0.25, -0.2) is 9.50 Å². The number of carbonyl (C=O) groups excluding carboxylic acids is 1. The highest BCUT2D eigenvalue weighted by Gasteiger charge is 2.26. The van der Waals surface area contributed by atoms with Gasteiger partial charge >= 0.3 is 0 Å². The number of carbonyl (C=O) groups is 1. The molecule has 2 aromatic heterocycles. The van der Waals surface area contributed by atoms with Gasteiger partial charge in [-0.1, -0.05) is 0 Å². The van der Waals surface area contributed by atoms with Gasteiger partial charge < -0.3 is 30.1 Å². The zero-order valence-electron chi connectivity index (χ0n) is 22.6. The monoisotopic (exact) mass is 516 g/mol. The molecule has 0 atom stereocenters. The highest BCUT2D eigenvalue weighted by Crippen LogP contribution is 2.40. The fraction of sp³-hybridized carbons (Fsp3) is 0.464. The average molecular weight is 517 g/mol. The lowest BCUT2D eigenvalue weighted by Crippen LogP contribution is -2.42. The molecule has 5 heterocycles. The lowest BCUT2D eigenvalue weighted by molar-refractivity contribution is -0.112. The summed E-state index contributed by atoms with van der Waals surface area (Å²) in [4.78, 5) is 24.9. The summed E-state index contributed by atoms with van der Waals surface area (Å²) in [5.41, 5.74) is 5.62. The first-order chi connectivity index (χ1) is 18.4. The van der Waals surface area contributed by atoms with Gasteiger partial charge in [-0.05, 0) is 70.0 Å². The molecule has 6 rings (SSSR count). The van der Waals surface area contributed by atoms with Crippen LogP contribution in [0.15, 0.2) is 36.0 Å². The highest BCUT2D eigenvalue weighted by molar-refractivity contribution is 6.03. The molecule has 2 fully saturated rings. The van der Waals surface area contributed by atoms with Gasteiger partial charge in [0.1, 0.15) is 11.6 Å². The number of amides is 1. The Morgan fingerprint density at radius 3 is 2.63 bits per heavy atom. The zero-order chi connectivity index (χ0) is 26.4. The maximum absolute atomic E-state index is 13.3. The zero-order valence-corrected chi connectivity index (χ0v) is 22.6. The van der Waals surface area contributed by atoms with Crippen molar-refractivity contribution < 1.29 is 9.53 Å². The Labute approximate surface area is 223 Å². The molecule has 3 aromatic rings. The van der Waals surface area contributed by atoms with Crippen molar-refractivity contribution in [2.75, 3.05) is 67.8 Å². The van der Waals surface area contributed by atoms with Crippen molar-refractivity contribution in [1.29, 1.82) is 0 Å². The number of anilines is 5. The second kappa shape index (κ2) is 9.83. The Hall–Kier alpha value is -3.79. The predicted molar refractivity (Wildman–Crippen MR) is 151 cm³/mol. The predicted octanol–water partition coefficient (Wildman–Crippen LogP) is 3.80. The number of methoxy groups -OCH3 is 1. The van der Waals surface area contributed by atoms with Crippen molar-refractivity contribution in [3.05, 3.63) is 41.6 Å². The molecule has 38 heavy (non-hydrogen) atoms. The van der Waals surface area contributed by atoms with Gasteiger partial charge in [-0.15, -0.1) is 5.10 Å². The molecule has 1 aromatic carbocycles. The Kier molecular flexibility index (Phi) is 6.35. The number of aryl methyl sites for hydroxylation is 1. The number of piperidine rings is 2. The molecule has 0 saturated carbocycles. The molecular weight excluding hydrogens is 480 g/mol. The van der Waals surface area contributed by atoms with Crippen molar-refractivity contribution in [1.82, 2.24) is 19.5 Å². The van der Waals surface area contributed by atoms with Crippen LogP contribution in [-0.4, -0.2) is 78.8 Å². The number of hydrogen-bond acceptors (Lipinski definition) is 8. The third-order valence-corrected chi connectivity index (χ3v) is 8.04. The van der Waals surface area contributed by atoms with Gasteiger partial charge in [0.25, 0.3) is 0 Å². The van der Waals surface area contributed by atoms with Crippen LogP contribution in [-0.2, 0) is 4.79 Å². The van der Waals surface area contributed by atoms with Crippen molar-refractivity contribution in [3.63, 3.8) is 0 Å². The minimum Gasteiger partial charge on any atom is -0.494 e. The van der Waals surface area contributed by atoms with E-state index in [1.807, 2.05) is 22.8 Å². The van der Waals surface area contributed by atoms with Crippen LogP contribution >= 0.6 is 0 Å². The first kappa shape index (κ1) is 24.5. The van der Waals surface area contributed by atoms with Crippen LogP contribution in [0.4, 0.5) is 28.8 Å². The number of fused-ring (bicyclic) bond motifs is 6. The van der Waals surface area contributed by atoms with Gasteiger partial charge in [0, 0.05) is 44.4 Å². The first-order valence-corrected chi connectivity index (χ1v) is 13.4. The second-order valence-electron chi connectivity index (χ2n) is 10.8. The quantitative estimate of drug-likeness (QED) is 0.544. The summed E-state index contributed by atoms with van der Waals surface area (Å²) in [6.45, 7) is 5.51. The van der Waals surface area contributed by atoms with Gasteiger partial charge in [0.15, 0.2) is 0 Å². The molecule has 3 aliphatic rings. The normalized spacial score (nSPS) is 19.7. The van der Waals surface area contributed by atoms with E-state index in [0.717, 1.165) is 79.2 Å². The molecular formula is C28H36N8O2. The number of nitrogens with zero attached hydrogens (tertiary/aromatic N) is 6. The van der Waals surface area contributed by atoms with E-state index in [1.165, 1.54) is 0 Å². The Balaban J connectivity index is 1.45. The van der Waals surface area contributed by atoms with Gasteiger partial charge in [-0.3, -0.25) is 4.79 Å². The Morgan fingerprint density at radius 1 is 1.05 bits per heavy atom. The van der Waals surface area contributed by atoms with E-state index < -0.39 is 0 Å². The molecule has 1 amide bonds. The standard InChI is InChI=1S/C28H36N8O2/c1-18-12-27-35-9-5-6-19(17-35)13-26(37)30-21-14-22(31-28-29-16-24(18)36(27)32-28)25(38-4)15-23(21)34-10-7-20(8-11-34)33(2)3/h12-16,20H,5-11,17H2,1-4H3,(H,30,37)(H,31,32)/b19-13-. The number of nitrogens with one attached hydrogen (secondary N) is 2. The summed E-state index contributed by atoms with van der Waals surface area (Å²) in [5.74, 6) is 2.04. The summed E-state index contributed by atoms with van der Waals surface area (Å²) in [6, 6.07) is 6.66. The summed E-state index contributed by atoms with van der Waals surface area (Å²) in [7, 11) is 5.94. The maximum Gasteiger partial charge on any atom is 0.248 e. The molecule has 200 valence electrons. The van der Waals surface area contributed by atoms with E-state index in [0.29, 0.717) is 30.0 Å². The molecule has 0 radical (unpaired) electrons. The van der Waals surface area contributed by atoms with E-state index in [-0.39, 0.29) is 5.91 Å². The fourth-order valence-corrected chi connectivity index (χ4v) is 5.91. The smallest absolute Gasteiger partial charge is 0.248 e. The summed E-state index contributed by atoms with van der Waals surface area (Å²) < 4.78 is 7.76. The number of rotatable bonds is 3. The van der Waals surface area contributed by atoms with Crippen molar-refractivity contribution in [2.45, 2.75) is 38.6 Å². The topological polar surface area (TPSA) is 90.3 Å². The molecule has 0 aliphatic carbocycles. The van der Waals surface area contributed by atoms with E-state index in [4.69, 9.17) is 9.84 Å². The second-order valence-corrected chi connectivity index (χ2v) is 10.8. The van der Waals surface area contributed by atoms with Crippen LogP contribution in [0, 0.1) is 6.92 Å². The van der Waals surface area contributed by atoms with Crippen LogP contribution in [0.2, 0.25) is 0 Å². The van der Waals surface area contributed by atoms with Gasteiger partial charge in [-0.2, -0.15) is 0 Å². The van der Waals surface area contributed by atoms with Crippen LogP contribution in [0.1, 0.15) is 31.2 Å². The van der Waals surface area contributed by atoms with Crippen LogP contribution < -0.4 is 25.2 Å². The minimum atomic E-state index is -0.106. The van der Waals surface area contributed by atoms with E-state index in [2.05, 4.69) is 57.4 Å². The van der Waals surface area contributed by atoms with E-state index >= 15 is 0 Å². The van der Waals surface area contributed by atoms with Crippen LogP contribution in [0.25, 0.3) is 5.52 Å². The molecule has 0 unspecified atom stereocenters. The molecule has 2 saturated heterocycles. The largest absolute Gasteiger partial charge is 0.494 e. The molecule has 6 bridgehead atoms. The molecule has 10 nitrogen and oxygen atoms in total. The van der Waals surface area contributed by atoms with E-state index in [1.54, 1.807) is 13.2 Å². The van der Waals surface area contributed by atoms with Gasteiger partial charge in [0.2, 0.25) is 11.9 Å². The van der Waals surface area contributed by atoms with Crippen molar-refractivity contribution in [3.8, 4) is 5.75 Å². The fourth-order valence-electron chi connectivity index (χ4n) is 5.91. The minimum absolute atomic E-state index is 0.106. The summed E-state index contributed by atoms with van der Waals surface area (Å²) >= 11 is 0. The van der Waals surface area contributed by atoms with Gasteiger partial charge in [0.05, 0.1) is 35.9 Å². The molecule has 0 spiro atoms. The van der Waals surface area contributed by atoms with Crippen LogP contribution in [0.3, 0.4) is 0 Å². The molecule has 3 aliphatic heterocycles. The first-order valence-electron chi connectivity index (χ1n) is 13.4. The third-order valence-electron chi connectivity index (χ3n) is 8.04. The number of aromatic nitrogens is 3. The SMILES string of the molecule is COc1cc(N2CCC(N(C)C)CC2)c2cc1Nc1ncc3c(C)cc(n3n1)N1CCC/C(=C/C(=O)N2)C1. The lowest BCUT2D eigenvalue weighted by atomic mass is 10.0. The maximum atomic E-state index is 13.3. The van der Waals surface area contributed by atoms with Crippen LogP contribution in [0.5, 0.6) is 5.75 Å². The van der Waals surface area contributed by atoms with Crippen molar-refractivity contribution >= 4 is 40.3 Å². The highest BCUT2D eigenvalue weighted by atomic mass is 16.5. The van der Waals surface area contributed by atoms with E-state index in [9.17, 15) is 4.79 Å². The lowest BCUT2D eigenvalue weighted by Gasteiger charge is -2.37. The molecule has 2 N–H and O–H groups in total. The summed E-state index contributed by atoms with van der Waals surface area (Å²) in [6.07, 6.45) is 7.66. The Bertz CT molecular complexity index is 1400. The Morgan fingerprint density at radius 2 is 1.87 bits per heavy atom.